The molecule has 2 rings (SSSR count). The molecule has 1 fully saturated rings. The minimum atomic E-state index is -0.267. The van der Waals surface area contributed by atoms with Crippen molar-refractivity contribution in [3.8, 4) is 5.75 Å². The first kappa shape index (κ1) is 13.4. The van der Waals surface area contributed by atoms with Crippen LogP contribution in [-0.2, 0) is 15.6 Å². The van der Waals surface area contributed by atoms with E-state index in [1.54, 1.807) is 7.11 Å². The van der Waals surface area contributed by atoms with Gasteiger partial charge in [-0.3, -0.25) is 0 Å². The fourth-order valence-electron chi connectivity index (χ4n) is 2.04. The zero-order valence-electron chi connectivity index (χ0n) is 11.8. The van der Waals surface area contributed by atoms with Crippen LogP contribution in [0.2, 0.25) is 0 Å². The Hall–Kier alpha value is -0.995. The Morgan fingerprint density at radius 3 is 2.28 bits per heavy atom. The number of hydrogen-bond donors (Lipinski definition) is 0. The van der Waals surface area contributed by atoms with Gasteiger partial charge in [0, 0.05) is 6.32 Å². The molecule has 1 aromatic carbocycles. The molecular formula is C14H21BO3. The van der Waals surface area contributed by atoms with Crippen LogP contribution in [0.5, 0.6) is 5.75 Å². The van der Waals surface area contributed by atoms with Crippen molar-refractivity contribution in [1.82, 2.24) is 0 Å². The number of rotatable bonds is 3. The summed E-state index contributed by atoms with van der Waals surface area (Å²) in [6, 6.07) is 8.01. The molecule has 0 radical (unpaired) electrons. The number of methoxy groups -OCH3 is 1. The van der Waals surface area contributed by atoms with Gasteiger partial charge in [0.1, 0.15) is 5.75 Å². The Morgan fingerprint density at radius 2 is 1.72 bits per heavy atom. The molecule has 0 unspecified atom stereocenters. The van der Waals surface area contributed by atoms with Crippen molar-refractivity contribution in [3.63, 3.8) is 0 Å². The minimum absolute atomic E-state index is 0.192. The number of benzene rings is 1. The molecule has 0 aliphatic carbocycles. The summed E-state index contributed by atoms with van der Waals surface area (Å²) in [5, 5.41) is 0. The van der Waals surface area contributed by atoms with Crippen LogP contribution in [-0.4, -0.2) is 25.4 Å². The summed E-state index contributed by atoms with van der Waals surface area (Å²) in [6.45, 7) is 8.27. The second kappa shape index (κ2) is 4.59. The first-order valence-electron chi connectivity index (χ1n) is 6.33. The summed E-state index contributed by atoms with van der Waals surface area (Å²) in [5.74, 6) is 0.865. The molecule has 1 aliphatic rings. The van der Waals surface area contributed by atoms with Crippen LogP contribution in [0.4, 0.5) is 0 Å². The van der Waals surface area contributed by atoms with Crippen molar-refractivity contribution in [2.75, 3.05) is 7.11 Å². The van der Waals surface area contributed by atoms with E-state index in [1.165, 1.54) is 0 Å². The van der Waals surface area contributed by atoms with Gasteiger partial charge in [-0.05, 0) is 45.4 Å². The highest BCUT2D eigenvalue weighted by atomic mass is 16.7. The van der Waals surface area contributed by atoms with Gasteiger partial charge in [0.25, 0.3) is 0 Å². The van der Waals surface area contributed by atoms with Crippen molar-refractivity contribution in [2.45, 2.75) is 45.2 Å². The number of ether oxygens (including phenoxy) is 1. The van der Waals surface area contributed by atoms with Gasteiger partial charge >= 0.3 is 7.12 Å². The molecule has 18 heavy (non-hydrogen) atoms. The zero-order valence-corrected chi connectivity index (χ0v) is 11.8. The monoisotopic (exact) mass is 248 g/mol. The van der Waals surface area contributed by atoms with Crippen molar-refractivity contribution in [3.05, 3.63) is 29.8 Å². The van der Waals surface area contributed by atoms with Crippen LogP contribution in [0.25, 0.3) is 0 Å². The lowest BCUT2D eigenvalue weighted by molar-refractivity contribution is 0.00578. The number of hydrogen-bond acceptors (Lipinski definition) is 3. The first-order valence-corrected chi connectivity index (χ1v) is 6.33. The van der Waals surface area contributed by atoms with Gasteiger partial charge in [-0.15, -0.1) is 0 Å². The summed E-state index contributed by atoms with van der Waals surface area (Å²) in [6.07, 6.45) is 0.740. The third kappa shape index (κ3) is 2.55. The molecule has 98 valence electrons. The standard InChI is InChI=1S/C14H21BO3/c1-13(2)14(3,4)18-15(17-13)10-11-7-6-8-12(9-11)16-5/h6-9H,10H2,1-5H3. The second-order valence-corrected chi connectivity index (χ2v) is 5.74. The lowest BCUT2D eigenvalue weighted by Gasteiger charge is -2.32. The lowest BCUT2D eigenvalue weighted by atomic mass is 9.81. The van der Waals surface area contributed by atoms with Gasteiger partial charge in [-0.2, -0.15) is 0 Å². The molecule has 0 spiro atoms. The summed E-state index contributed by atoms with van der Waals surface area (Å²) < 4.78 is 17.2. The predicted octanol–water partition coefficient (Wildman–Crippen LogP) is 2.87. The molecule has 1 saturated heterocycles. The predicted molar refractivity (Wildman–Crippen MR) is 72.8 cm³/mol. The molecule has 0 aromatic heterocycles. The Kier molecular flexibility index (Phi) is 3.43. The maximum atomic E-state index is 5.98. The largest absolute Gasteiger partial charge is 0.497 e. The maximum absolute atomic E-state index is 5.98. The van der Waals surface area contributed by atoms with E-state index in [0.717, 1.165) is 17.6 Å². The smallest absolute Gasteiger partial charge is 0.462 e. The van der Waals surface area contributed by atoms with Crippen LogP contribution < -0.4 is 4.74 Å². The van der Waals surface area contributed by atoms with E-state index in [2.05, 4.69) is 33.8 Å². The van der Waals surface area contributed by atoms with Gasteiger partial charge in [0.2, 0.25) is 0 Å². The lowest BCUT2D eigenvalue weighted by Crippen LogP contribution is -2.41. The van der Waals surface area contributed by atoms with E-state index in [0.29, 0.717) is 0 Å². The average molecular weight is 248 g/mol. The molecule has 0 N–H and O–H groups in total. The summed E-state index contributed by atoms with van der Waals surface area (Å²) in [5.41, 5.74) is 0.625. The highest BCUT2D eigenvalue weighted by molar-refractivity contribution is 6.45. The molecule has 1 aromatic rings. The first-order chi connectivity index (χ1) is 8.34. The minimum Gasteiger partial charge on any atom is -0.497 e. The Labute approximate surface area is 110 Å². The molecule has 1 heterocycles. The van der Waals surface area contributed by atoms with Gasteiger partial charge in [-0.25, -0.2) is 0 Å². The van der Waals surface area contributed by atoms with Gasteiger partial charge < -0.3 is 14.0 Å². The van der Waals surface area contributed by atoms with Crippen molar-refractivity contribution >= 4 is 7.12 Å². The normalized spacial score (nSPS) is 21.1. The molecule has 4 heteroatoms. The second-order valence-electron chi connectivity index (χ2n) is 5.74. The quantitative estimate of drug-likeness (QED) is 0.770. The summed E-state index contributed by atoms with van der Waals surface area (Å²) in [4.78, 5) is 0. The van der Waals surface area contributed by atoms with Crippen molar-refractivity contribution in [2.24, 2.45) is 0 Å². The molecular weight excluding hydrogens is 227 g/mol. The molecule has 0 atom stereocenters. The van der Waals surface area contributed by atoms with Crippen LogP contribution >= 0.6 is 0 Å². The van der Waals surface area contributed by atoms with E-state index in [1.807, 2.05) is 18.2 Å². The van der Waals surface area contributed by atoms with Gasteiger partial charge in [-0.1, -0.05) is 12.1 Å². The topological polar surface area (TPSA) is 27.7 Å². The fourth-order valence-corrected chi connectivity index (χ4v) is 2.04. The van der Waals surface area contributed by atoms with Crippen LogP contribution in [0.3, 0.4) is 0 Å². The Morgan fingerprint density at radius 1 is 1.11 bits per heavy atom. The zero-order chi connectivity index (χ0) is 13.4. The van der Waals surface area contributed by atoms with E-state index in [-0.39, 0.29) is 18.3 Å². The summed E-state index contributed by atoms with van der Waals surface area (Å²) in [7, 11) is 1.48. The van der Waals surface area contributed by atoms with Crippen molar-refractivity contribution in [1.29, 1.82) is 0 Å². The van der Waals surface area contributed by atoms with E-state index >= 15 is 0 Å². The van der Waals surface area contributed by atoms with E-state index in [9.17, 15) is 0 Å². The van der Waals surface area contributed by atoms with Gasteiger partial charge in [0.15, 0.2) is 0 Å². The van der Waals surface area contributed by atoms with Gasteiger partial charge in [0.05, 0.1) is 18.3 Å². The highest BCUT2D eigenvalue weighted by Crippen LogP contribution is 2.37. The third-order valence-electron chi connectivity index (χ3n) is 3.84. The maximum Gasteiger partial charge on any atom is 0.462 e. The van der Waals surface area contributed by atoms with Crippen LogP contribution in [0.1, 0.15) is 33.3 Å². The average Bonchev–Trinajstić information content (AvgIpc) is 2.47. The summed E-state index contributed by atoms with van der Waals surface area (Å²) >= 11 is 0. The molecule has 3 nitrogen and oxygen atoms in total. The van der Waals surface area contributed by atoms with Crippen LogP contribution in [0.15, 0.2) is 24.3 Å². The molecule has 1 aliphatic heterocycles. The van der Waals surface area contributed by atoms with Crippen molar-refractivity contribution < 1.29 is 14.0 Å². The van der Waals surface area contributed by atoms with Crippen LogP contribution in [0, 0.1) is 0 Å². The molecule has 0 saturated carbocycles. The fraction of sp³-hybridized carbons (Fsp3) is 0.571. The molecule has 0 amide bonds. The molecule has 0 bridgehead atoms. The SMILES string of the molecule is COc1cccc(CB2OC(C)(C)C(C)(C)O2)c1. The third-order valence-corrected chi connectivity index (χ3v) is 3.84. The Bertz CT molecular complexity index is 413. The van der Waals surface area contributed by atoms with E-state index in [4.69, 9.17) is 14.0 Å². The van der Waals surface area contributed by atoms with E-state index < -0.39 is 0 Å². The Balaban J connectivity index is 2.07. The highest BCUT2D eigenvalue weighted by Gasteiger charge is 2.50.